The van der Waals surface area contributed by atoms with Gasteiger partial charge < -0.3 is 15.4 Å². The average molecular weight is 387 g/mol. The maximum Gasteiger partial charge on any atom is 0.416 e. The van der Waals surface area contributed by atoms with Crippen LogP contribution in [0.4, 0.5) is 30.2 Å². The van der Waals surface area contributed by atoms with Gasteiger partial charge in [-0.1, -0.05) is 6.07 Å². The third kappa shape index (κ3) is 4.79. The standard InChI is InChI=1S/C20H16F3N3O2/c1-28-17-7-5-14(6-8-17)26-19(27)18-12-16(9-10-24-18)25-15-4-2-3-13(11-15)20(21,22)23/h2-12H,1H3,(H,24,25)(H,26,27). The number of aromatic nitrogens is 1. The smallest absolute Gasteiger partial charge is 0.416 e. The van der Waals surface area contributed by atoms with Crippen LogP contribution in [-0.4, -0.2) is 18.0 Å². The van der Waals surface area contributed by atoms with Crippen molar-refractivity contribution in [2.45, 2.75) is 6.18 Å². The molecule has 1 heterocycles. The minimum atomic E-state index is -4.43. The highest BCUT2D eigenvalue weighted by Crippen LogP contribution is 2.31. The molecule has 0 aliphatic rings. The Morgan fingerprint density at radius 1 is 0.964 bits per heavy atom. The number of carbonyl (C=O) groups is 1. The number of benzene rings is 2. The fraction of sp³-hybridized carbons (Fsp3) is 0.100. The highest BCUT2D eigenvalue weighted by atomic mass is 19.4. The Bertz CT molecular complexity index is 973. The fourth-order valence-electron chi connectivity index (χ4n) is 2.44. The Labute approximate surface area is 159 Å². The van der Waals surface area contributed by atoms with E-state index in [0.717, 1.165) is 12.1 Å². The molecule has 8 heteroatoms. The molecule has 3 rings (SSSR count). The molecule has 2 N–H and O–H groups in total. The molecular weight excluding hydrogens is 371 g/mol. The van der Waals surface area contributed by atoms with E-state index < -0.39 is 17.6 Å². The number of pyridine rings is 1. The van der Waals surface area contributed by atoms with Crippen LogP contribution in [0.2, 0.25) is 0 Å². The maximum atomic E-state index is 12.8. The van der Waals surface area contributed by atoms with E-state index >= 15 is 0 Å². The molecular formula is C20H16F3N3O2. The summed E-state index contributed by atoms with van der Waals surface area (Å²) in [7, 11) is 1.54. The second-order valence-electron chi connectivity index (χ2n) is 5.82. The minimum absolute atomic E-state index is 0.118. The van der Waals surface area contributed by atoms with Gasteiger partial charge in [-0.3, -0.25) is 9.78 Å². The van der Waals surface area contributed by atoms with Crippen molar-refractivity contribution in [3.05, 3.63) is 78.1 Å². The van der Waals surface area contributed by atoms with E-state index in [4.69, 9.17) is 4.74 Å². The van der Waals surface area contributed by atoms with Gasteiger partial charge in [0.1, 0.15) is 11.4 Å². The van der Waals surface area contributed by atoms with Crippen LogP contribution in [-0.2, 0) is 6.18 Å². The van der Waals surface area contributed by atoms with Crippen molar-refractivity contribution in [2.24, 2.45) is 0 Å². The van der Waals surface area contributed by atoms with Gasteiger partial charge in [-0.25, -0.2) is 0 Å². The van der Waals surface area contributed by atoms with Crippen LogP contribution in [0, 0.1) is 0 Å². The third-order valence-corrected chi connectivity index (χ3v) is 3.82. The van der Waals surface area contributed by atoms with E-state index in [-0.39, 0.29) is 11.4 Å². The molecule has 0 aliphatic carbocycles. The van der Waals surface area contributed by atoms with Gasteiger partial charge in [0.25, 0.3) is 5.91 Å². The number of anilines is 3. The van der Waals surface area contributed by atoms with E-state index in [1.54, 1.807) is 37.4 Å². The number of halogens is 3. The largest absolute Gasteiger partial charge is 0.497 e. The van der Waals surface area contributed by atoms with Crippen LogP contribution in [0.25, 0.3) is 0 Å². The van der Waals surface area contributed by atoms with Crippen LogP contribution in [0.3, 0.4) is 0 Å². The summed E-state index contributed by atoms with van der Waals surface area (Å²) in [5.74, 6) is 0.210. The molecule has 1 aromatic heterocycles. The van der Waals surface area contributed by atoms with Crippen molar-refractivity contribution >= 4 is 23.0 Å². The molecule has 0 spiro atoms. The highest BCUT2D eigenvalue weighted by Gasteiger charge is 2.30. The number of amides is 1. The van der Waals surface area contributed by atoms with Crippen LogP contribution in [0.5, 0.6) is 5.75 Å². The van der Waals surface area contributed by atoms with Gasteiger partial charge in [-0.15, -0.1) is 0 Å². The van der Waals surface area contributed by atoms with E-state index in [2.05, 4.69) is 15.6 Å². The van der Waals surface area contributed by atoms with Gasteiger partial charge in [0, 0.05) is 23.3 Å². The second kappa shape index (κ2) is 7.99. The molecule has 5 nitrogen and oxygen atoms in total. The molecule has 1 amide bonds. The normalized spacial score (nSPS) is 11.0. The number of ether oxygens (including phenoxy) is 1. The Kier molecular flexibility index (Phi) is 5.49. The first-order valence-electron chi connectivity index (χ1n) is 8.21. The lowest BCUT2D eigenvalue weighted by atomic mass is 10.2. The molecule has 0 aliphatic heterocycles. The molecule has 0 fully saturated rings. The Balaban J connectivity index is 1.74. The summed E-state index contributed by atoms with van der Waals surface area (Å²) in [5.41, 5.74) is 0.609. The predicted molar refractivity (Wildman–Crippen MR) is 99.9 cm³/mol. The van der Waals surface area contributed by atoms with E-state index in [9.17, 15) is 18.0 Å². The number of rotatable bonds is 5. The average Bonchev–Trinajstić information content (AvgIpc) is 2.68. The van der Waals surface area contributed by atoms with Gasteiger partial charge in [0.15, 0.2) is 0 Å². The van der Waals surface area contributed by atoms with Crippen molar-refractivity contribution in [3.8, 4) is 5.75 Å². The first-order valence-corrected chi connectivity index (χ1v) is 8.21. The summed E-state index contributed by atoms with van der Waals surface area (Å²) in [6.07, 6.45) is -3.03. The summed E-state index contributed by atoms with van der Waals surface area (Å²) in [6, 6.07) is 14.6. The third-order valence-electron chi connectivity index (χ3n) is 3.82. The summed E-state index contributed by atoms with van der Waals surface area (Å²) in [4.78, 5) is 16.4. The van der Waals surface area contributed by atoms with Crippen LogP contribution >= 0.6 is 0 Å². The lowest BCUT2D eigenvalue weighted by molar-refractivity contribution is -0.137. The van der Waals surface area contributed by atoms with Gasteiger partial charge in [0.05, 0.1) is 12.7 Å². The van der Waals surface area contributed by atoms with Crippen molar-refractivity contribution in [3.63, 3.8) is 0 Å². The van der Waals surface area contributed by atoms with E-state index in [1.807, 2.05) is 0 Å². The van der Waals surface area contributed by atoms with Crippen molar-refractivity contribution < 1.29 is 22.7 Å². The molecule has 0 saturated carbocycles. The summed E-state index contributed by atoms with van der Waals surface area (Å²) >= 11 is 0. The summed E-state index contributed by atoms with van der Waals surface area (Å²) < 4.78 is 43.6. The van der Waals surface area contributed by atoms with E-state index in [1.165, 1.54) is 24.4 Å². The van der Waals surface area contributed by atoms with Gasteiger partial charge in [-0.05, 0) is 54.6 Å². The molecule has 144 valence electrons. The predicted octanol–water partition coefficient (Wildman–Crippen LogP) is 5.10. The monoisotopic (exact) mass is 387 g/mol. The molecule has 0 radical (unpaired) electrons. The lowest BCUT2D eigenvalue weighted by Crippen LogP contribution is -2.13. The molecule has 0 atom stereocenters. The second-order valence-corrected chi connectivity index (χ2v) is 5.82. The Morgan fingerprint density at radius 3 is 2.36 bits per heavy atom. The number of hydrogen-bond donors (Lipinski definition) is 2. The van der Waals surface area contributed by atoms with E-state index in [0.29, 0.717) is 17.1 Å². The van der Waals surface area contributed by atoms with Gasteiger partial charge >= 0.3 is 6.18 Å². The zero-order valence-electron chi connectivity index (χ0n) is 14.7. The number of alkyl halides is 3. The zero-order valence-corrected chi connectivity index (χ0v) is 14.7. The fourth-order valence-corrected chi connectivity index (χ4v) is 2.44. The minimum Gasteiger partial charge on any atom is -0.497 e. The van der Waals surface area contributed by atoms with Crippen molar-refractivity contribution in [2.75, 3.05) is 17.7 Å². The SMILES string of the molecule is COc1ccc(NC(=O)c2cc(Nc3cccc(C(F)(F)F)c3)ccn2)cc1. The lowest BCUT2D eigenvalue weighted by Gasteiger charge is -2.11. The van der Waals surface area contributed by atoms with Crippen molar-refractivity contribution in [1.29, 1.82) is 0 Å². The number of hydrogen-bond acceptors (Lipinski definition) is 4. The molecule has 0 bridgehead atoms. The number of methoxy groups -OCH3 is 1. The topological polar surface area (TPSA) is 63.2 Å². The molecule has 28 heavy (non-hydrogen) atoms. The maximum absolute atomic E-state index is 12.8. The first-order chi connectivity index (χ1) is 13.3. The number of nitrogens with one attached hydrogen (secondary N) is 2. The van der Waals surface area contributed by atoms with Crippen molar-refractivity contribution in [1.82, 2.24) is 4.98 Å². The molecule has 0 unspecified atom stereocenters. The quantitative estimate of drug-likeness (QED) is 0.639. The number of carbonyl (C=O) groups excluding carboxylic acids is 1. The zero-order chi connectivity index (χ0) is 20.1. The van der Waals surface area contributed by atoms with Gasteiger partial charge in [-0.2, -0.15) is 13.2 Å². The summed E-state index contributed by atoms with van der Waals surface area (Å²) in [5, 5.41) is 5.55. The Hall–Kier alpha value is -3.55. The van der Waals surface area contributed by atoms with Crippen LogP contribution < -0.4 is 15.4 Å². The highest BCUT2D eigenvalue weighted by molar-refractivity contribution is 6.03. The molecule has 3 aromatic rings. The first kappa shape index (κ1) is 19.2. The molecule has 2 aromatic carbocycles. The number of nitrogens with zero attached hydrogens (tertiary/aromatic N) is 1. The van der Waals surface area contributed by atoms with Gasteiger partial charge in [0.2, 0.25) is 0 Å². The summed E-state index contributed by atoms with van der Waals surface area (Å²) in [6.45, 7) is 0. The Morgan fingerprint density at radius 2 is 1.68 bits per heavy atom. The van der Waals surface area contributed by atoms with Crippen LogP contribution in [0.15, 0.2) is 66.9 Å². The van der Waals surface area contributed by atoms with Crippen LogP contribution in [0.1, 0.15) is 16.1 Å². The molecule has 0 saturated heterocycles.